The highest BCUT2D eigenvalue weighted by molar-refractivity contribution is 5.98. The molecule has 0 radical (unpaired) electrons. The summed E-state index contributed by atoms with van der Waals surface area (Å²) in [4.78, 5) is 23.7. The van der Waals surface area contributed by atoms with Gasteiger partial charge in [-0.15, -0.1) is 0 Å². The van der Waals surface area contributed by atoms with Crippen LogP contribution in [0.3, 0.4) is 0 Å². The van der Waals surface area contributed by atoms with Gasteiger partial charge in [0, 0.05) is 11.7 Å². The predicted octanol–water partition coefficient (Wildman–Crippen LogP) is 2.35. The molecule has 1 aromatic carbocycles. The van der Waals surface area contributed by atoms with Gasteiger partial charge < -0.3 is 10.6 Å². The first-order valence-corrected chi connectivity index (χ1v) is 8.12. The summed E-state index contributed by atoms with van der Waals surface area (Å²) in [5.41, 5.74) is 3.70. The van der Waals surface area contributed by atoms with Crippen LogP contribution in [-0.4, -0.2) is 24.0 Å². The average molecular weight is 301 g/mol. The first-order valence-electron chi connectivity index (χ1n) is 8.12. The minimum atomic E-state index is -0.446. The van der Waals surface area contributed by atoms with Gasteiger partial charge in [-0.1, -0.05) is 12.1 Å². The molecular weight excluding hydrogens is 278 g/mol. The Labute approximate surface area is 130 Å². The summed E-state index contributed by atoms with van der Waals surface area (Å²) in [5, 5.41) is 8.41. The van der Waals surface area contributed by atoms with Crippen LogP contribution in [0, 0.1) is 0 Å². The maximum absolute atomic E-state index is 12.1. The molecule has 1 atom stereocenters. The third-order valence-electron chi connectivity index (χ3n) is 4.31. The lowest BCUT2D eigenvalue weighted by molar-refractivity contribution is -0.120. The van der Waals surface area contributed by atoms with Crippen molar-refractivity contribution in [2.75, 3.05) is 5.32 Å². The molecule has 5 heteroatoms. The van der Waals surface area contributed by atoms with Gasteiger partial charge >= 0.3 is 6.03 Å². The zero-order chi connectivity index (χ0) is 15.5. The minimum Gasteiger partial charge on any atom is -0.374 e. The van der Waals surface area contributed by atoms with Gasteiger partial charge in [-0.3, -0.25) is 10.1 Å². The highest BCUT2D eigenvalue weighted by Gasteiger charge is 2.25. The quantitative estimate of drug-likeness (QED) is 0.799. The van der Waals surface area contributed by atoms with Crippen molar-refractivity contribution in [2.45, 2.75) is 57.5 Å². The van der Waals surface area contributed by atoms with E-state index in [1.165, 1.54) is 24.0 Å². The fourth-order valence-corrected chi connectivity index (χ4v) is 2.88. The summed E-state index contributed by atoms with van der Waals surface area (Å²) in [6.45, 7) is 1.78. The molecule has 0 bridgehead atoms. The second-order valence-electron chi connectivity index (χ2n) is 6.25. The number of carbonyl (C=O) groups is 2. The van der Waals surface area contributed by atoms with Crippen molar-refractivity contribution in [2.24, 2.45) is 0 Å². The van der Waals surface area contributed by atoms with E-state index in [0.717, 1.165) is 31.4 Å². The van der Waals surface area contributed by atoms with Crippen LogP contribution in [-0.2, 0) is 17.6 Å². The van der Waals surface area contributed by atoms with Crippen LogP contribution in [0.4, 0.5) is 10.5 Å². The van der Waals surface area contributed by atoms with E-state index in [2.05, 4.69) is 22.0 Å². The van der Waals surface area contributed by atoms with Crippen molar-refractivity contribution >= 4 is 17.6 Å². The molecule has 2 aliphatic rings. The van der Waals surface area contributed by atoms with Crippen LogP contribution in [0.25, 0.3) is 0 Å². The molecule has 118 valence electrons. The minimum absolute atomic E-state index is 0.247. The summed E-state index contributed by atoms with van der Waals surface area (Å²) in [6.07, 6.45) is 6.59. The lowest BCUT2D eigenvalue weighted by atomic mass is 9.90. The van der Waals surface area contributed by atoms with Crippen molar-refractivity contribution in [1.82, 2.24) is 10.6 Å². The SMILES string of the molecule is CC(Nc1cccc2c1CCCC2)C(=O)NC(=O)NC1CC1. The van der Waals surface area contributed by atoms with Crippen molar-refractivity contribution in [3.8, 4) is 0 Å². The third-order valence-corrected chi connectivity index (χ3v) is 4.31. The van der Waals surface area contributed by atoms with Crippen LogP contribution >= 0.6 is 0 Å². The normalized spacial score (nSPS) is 18.0. The molecule has 0 spiro atoms. The Hall–Kier alpha value is -2.04. The molecular formula is C17H23N3O2. The fourth-order valence-electron chi connectivity index (χ4n) is 2.88. The lowest BCUT2D eigenvalue weighted by Gasteiger charge is -2.22. The van der Waals surface area contributed by atoms with E-state index >= 15 is 0 Å². The Balaban J connectivity index is 1.59. The number of fused-ring (bicyclic) bond motifs is 1. The number of hydrogen-bond acceptors (Lipinski definition) is 3. The molecule has 0 heterocycles. The van der Waals surface area contributed by atoms with E-state index in [1.54, 1.807) is 6.92 Å². The van der Waals surface area contributed by atoms with Gasteiger partial charge in [-0.25, -0.2) is 4.79 Å². The number of benzene rings is 1. The molecule has 1 unspecified atom stereocenters. The molecule has 3 N–H and O–H groups in total. The van der Waals surface area contributed by atoms with E-state index in [9.17, 15) is 9.59 Å². The summed E-state index contributed by atoms with van der Waals surface area (Å²) >= 11 is 0. The topological polar surface area (TPSA) is 70.2 Å². The molecule has 0 saturated heterocycles. The molecule has 0 aliphatic heterocycles. The zero-order valence-electron chi connectivity index (χ0n) is 12.9. The zero-order valence-corrected chi connectivity index (χ0v) is 12.9. The molecule has 5 nitrogen and oxygen atoms in total. The number of hydrogen-bond donors (Lipinski definition) is 3. The molecule has 1 fully saturated rings. The number of anilines is 1. The Morgan fingerprint density at radius 2 is 1.95 bits per heavy atom. The van der Waals surface area contributed by atoms with E-state index in [1.807, 2.05) is 12.1 Å². The van der Waals surface area contributed by atoms with Gasteiger partial charge in [-0.05, 0) is 62.6 Å². The first-order chi connectivity index (χ1) is 10.6. The Morgan fingerprint density at radius 1 is 1.18 bits per heavy atom. The van der Waals surface area contributed by atoms with Crippen molar-refractivity contribution < 1.29 is 9.59 Å². The molecule has 3 amide bonds. The largest absolute Gasteiger partial charge is 0.374 e. The molecule has 3 rings (SSSR count). The number of rotatable bonds is 4. The number of imide groups is 1. The Morgan fingerprint density at radius 3 is 2.73 bits per heavy atom. The van der Waals surface area contributed by atoms with Gasteiger partial charge in [0.1, 0.15) is 6.04 Å². The molecule has 22 heavy (non-hydrogen) atoms. The van der Waals surface area contributed by atoms with Crippen LogP contribution in [0.2, 0.25) is 0 Å². The lowest BCUT2D eigenvalue weighted by Crippen LogP contribution is -2.46. The van der Waals surface area contributed by atoms with E-state index in [0.29, 0.717) is 0 Å². The molecule has 1 saturated carbocycles. The second kappa shape index (κ2) is 6.38. The highest BCUT2D eigenvalue weighted by atomic mass is 16.2. The standard InChI is InChI=1S/C17H23N3O2/c1-11(16(21)20-17(22)19-13-9-10-13)18-15-8-4-6-12-5-2-3-7-14(12)15/h4,6,8,11,13,18H,2-3,5,7,9-10H2,1H3,(H2,19,20,21,22). The summed E-state index contributed by atoms with van der Waals surface area (Å²) in [7, 11) is 0. The molecule has 2 aliphatic carbocycles. The number of nitrogens with one attached hydrogen (secondary N) is 3. The maximum Gasteiger partial charge on any atom is 0.321 e. The first kappa shape index (κ1) is 14.9. The second-order valence-corrected chi connectivity index (χ2v) is 6.25. The number of amides is 3. The number of carbonyl (C=O) groups excluding carboxylic acids is 2. The van der Waals surface area contributed by atoms with Crippen molar-refractivity contribution in [3.63, 3.8) is 0 Å². The van der Waals surface area contributed by atoms with E-state index in [4.69, 9.17) is 0 Å². The monoisotopic (exact) mass is 301 g/mol. The van der Waals surface area contributed by atoms with Crippen LogP contribution in [0.1, 0.15) is 43.7 Å². The number of urea groups is 1. The Bertz CT molecular complexity index is 581. The van der Waals surface area contributed by atoms with Crippen LogP contribution in [0.5, 0.6) is 0 Å². The third kappa shape index (κ3) is 3.59. The van der Waals surface area contributed by atoms with Crippen molar-refractivity contribution in [1.29, 1.82) is 0 Å². The molecule has 0 aromatic heterocycles. The Kier molecular flexibility index (Phi) is 4.32. The summed E-state index contributed by atoms with van der Waals surface area (Å²) in [6, 6.07) is 5.61. The van der Waals surface area contributed by atoms with E-state index in [-0.39, 0.29) is 11.9 Å². The van der Waals surface area contributed by atoms with Gasteiger partial charge in [0.05, 0.1) is 0 Å². The highest BCUT2D eigenvalue weighted by Crippen LogP contribution is 2.28. The maximum atomic E-state index is 12.1. The van der Waals surface area contributed by atoms with E-state index < -0.39 is 12.1 Å². The van der Waals surface area contributed by atoms with Crippen LogP contribution in [0.15, 0.2) is 18.2 Å². The predicted molar refractivity (Wildman–Crippen MR) is 85.9 cm³/mol. The van der Waals surface area contributed by atoms with Gasteiger partial charge in [0.15, 0.2) is 0 Å². The van der Waals surface area contributed by atoms with Gasteiger partial charge in [0.25, 0.3) is 0 Å². The summed E-state index contributed by atoms with van der Waals surface area (Å²) < 4.78 is 0. The van der Waals surface area contributed by atoms with Gasteiger partial charge in [0.2, 0.25) is 5.91 Å². The smallest absolute Gasteiger partial charge is 0.321 e. The van der Waals surface area contributed by atoms with Crippen LogP contribution < -0.4 is 16.0 Å². The summed E-state index contributed by atoms with van der Waals surface area (Å²) in [5.74, 6) is -0.299. The number of aryl methyl sites for hydroxylation is 1. The fraction of sp³-hybridized carbons (Fsp3) is 0.529. The average Bonchev–Trinajstić information content (AvgIpc) is 3.31. The van der Waals surface area contributed by atoms with Crippen molar-refractivity contribution in [3.05, 3.63) is 29.3 Å². The molecule has 1 aromatic rings. The van der Waals surface area contributed by atoms with Gasteiger partial charge in [-0.2, -0.15) is 0 Å².